The molecule has 3 aliphatic heterocycles. The van der Waals surface area contributed by atoms with Crippen molar-refractivity contribution in [1.29, 1.82) is 0 Å². The second-order valence-electron chi connectivity index (χ2n) is 6.85. The molecule has 3 aliphatic rings. The van der Waals surface area contributed by atoms with Crippen molar-refractivity contribution in [3.8, 4) is 0 Å². The molecule has 2 aromatic heterocycles. The first-order chi connectivity index (χ1) is 11.0. The van der Waals surface area contributed by atoms with Gasteiger partial charge in [0, 0.05) is 41.8 Å². The van der Waals surface area contributed by atoms with Crippen LogP contribution in [0, 0.1) is 13.8 Å². The molecule has 5 rings (SSSR count). The fourth-order valence-electron chi connectivity index (χ4n) is 3.51. The van der Waals surface area contributed by atoms with Crippen molar-refractivity contribution < 1.29 is 0 Å². The lowest BCUT2D eigenvalue weighted by atomic mass is 9.88. The molecule has 122 valence electrons. The van der Waals surface area contributed by atoms with E-state index in [1.807, 2.05) is 6.92 Å². The van der Waals surface area contributed by atoms with Crippen LogP contribution in [-0.2, 0) is 0 Å². The molecule has 7 heteroatoms. The number of piperidine rings is 1. The summed E-state index contributed by atoms with van der Waals surface area (Å²) in [7, 11) is 0. The molecule has 3 fully saturated rings. The van der Waals surface area contributed by atoms with Crippen molar-refractivity contribution in [3.63, 3.8) is 0 Å². The van der Waals surface area contributed by atoms with Crippen molar-refractivity contribution >= 4 is 22.5 Å². The molecule has 0 radical (unpaired) electrons. The van der Waals surface area contributed by atoms with E-state index in [9.17, 15) is 0 Å². The monoisotopic (exact) mass is 330 g/mol. The van der Waals surface area contributed by atoms with Crippen molar-refractivity contribution in [3.05, 3.63) is 23.4 Å². The van der Waals surface area contributed by atoms with Gasteiger partial charge in [0.2, 0.25) is 5.13 Å². The Bertz CT molecular complexity index is 715. The minimum atomic E-state index is 0.393. The van der Waals surface area contributed by atoms with E-state index >= 15 is 0 Å². The number of aromatic nitrogens is 4. The van der Waals surface area contributed by atoms with E-state index in [2.05, 4.69) is 44.9 Å². The van der Waals surface area contributed by atoms with Crippen LogP contribution in [0.1, 0.15) is 43.3 Å². The van der Waals surface area contributed by atoms with Crippen LogP contribution >= 0.6 is 11.5 Å². The fraction of sp³-hybridized carbons (Fsp3) is 0.625. The summed E-state index contributed by atoms with van der Waals surface area (Å²) in [6, 6.07) is 1.05. The number of hydrogen-bond donors (Lipinski definition) is 0. The quantitative estimate of drug-likeness (QED) is 0.862. The van der Waals surface area contributed by atoms with Gasteiger partial charge in [0.1, 0.15) is 18.0 Å². The predicted molar refractivity (Wildman–Crippen MR) is 92.4 cm³/mol. The number of aryl methyl sites for hydroxylation is 1. The van der Waals surface area contributed by atoms with Crippen molar-refractivity contribution in [1.82, 2.24) is 19.3 Å². The van der Waals surface area contributed by atoms with Gasteiger partial charge in [-0.15, -0.1) is 0 Å². The number of anilines is 2. The Labute approximate surface area is 140 Å². The molecule has 0 N–H and O–H groups in total. The fourth-order valence-corrected chi connectivity index (χ4v) is 4.46. The first-order valence-electron chi connectivity index (χ1n) is 8.19. The molecule has 2 unspecified atom stereocenters. The molecule has 0 amide bonds. The summed E-state index contributed by atoms with van der Waals surface area (Å²) in [5.74, 6) is 2.45. The van der Waals surface area contributed by atoms with Gasteiger partial charge in [0.25, 0.3) is 0 Å². The Kier molecular flexibility index (Phi) is 3.48. The average molecular weight is 330 g/mol. The Morgan fingerprint density at radius 3 is 2.57 bits per heavy atom. The molecule has 0 spiro atoms. The molecule has 5 heterocycles. The molecule has 2 aromatic rings. The van der Waals surface area contributed by atoms with Crippen LogP contribution in [0.4, 0.5) is 10.9 Å². The molecular weight excluding hydrogens is 308 g/mol. The lowest BCUT2D eigenvalue weighted by molar-refractivity contribution is 0.289. The summed E-state index contributed by atoms with van der Waals surface area (Å²) in [6.07, 6.45) is 2.92. The van der Waals surface area contributed by atoms with Gasteiger partial charge in [-0.25, -0.2) is 15.0 Å². The number of rotatable bonds is 3. The van der Waals surface area contributed by atoms with Crippen LogP contribution in [-0.4, -0.2) is 44.5 Å². The highest BCUT2D eigenvalue weighted by Gasteiger charge is 2.46. The molecule has 3 saturated heterocycles. The van der Waals surface area contributed by atoms with Gasteiger partial charge in [0.05, 0.1) is 12.1 Å². The van der Waals surface area contributed by atoms with Crippen LogP contribution < -0.4 is 9.80 Å². The van der Waals surface area contributed by atoms with Crippen molar-refractivity contribution in [2.45, 2.75) is 52.1 Å². The third-order valence-electron chi connectivity index (χ3n) is 4.97. The second-order valence-corrected chi connectivity index (χ2v) is 7.58. The zero-order valence-electron chi connectivity index (χ0n) is 14.0. The summed E-state index contributed by atoms with van der Waals surface area (Å²) in [6.45, 7) is 10.5. The highest BCUT2D eigenvalue weighted by molar-refractivity contribution is 7.09. The van der Waals surface area contributed by atoms with Crippen LogP contribution in [0.2, 0.25) is 0 Å². The molecule has 0 aliphatic carbocycles. The largest absolute Gasteiger partial charge is 0.352 e. The molecule has 2 atom stereocenters. The average Bonchev–Trinajstić information content (AvgIpc) is 2.99. The van der Waals surface area contributed by atoms with E-state index in [-0.39, 0.29) is 0 Å². The van der Waals surface area contributed by atoms with E-state index in [0.29, 0.717) is 18.0 Å². The zero-order valence-corrected chi connectivity index (χ0v) is 14.8. The number of fused-ring (bicyclic) bond motifs is 2. The van der Waals surface area contributed by atoms with E-state index in [1.165, 1.54) is 12.0 Å². The van der Waals surface area contributed by atoms with Gasteiger partial charge >= 0.3 is 0 Å². The SMILES string of the molecule is Cc1ncnc(N2CC3CC(C2)N3c2nc(C(C)C)ns2)c1C. The predicted octanol–water partition coefficient (Wildman–Crippen LogP) is 2.54. The Morgan fingerprint density at radius 2 is 1.91 bits per heavy atom. The summed E-state index contributed by atoms with van der Waals surface area (Å²) in [5, 5.41) is 1.09. The van der Waals surface area contributed by atoms with Gasteiger partial charge in [0.15, 0.2) is 0 Å². The van der Waals surface area contributed by atoms with Gasteiger partial charge in [-0.1, -0.05) is 13.8 Å². The number of piperazine rings is 1. The maximum Gasteiger partial charge on any atom is 0.205 e. The van der Waals surface area contributed by atoms with Gasteiger partial charge in [-0.2, -0.15) is 4.37 Å². The van der Waals surface area contributed by atoms with E-state index in [1.54, 1.807) is 17.9 Å². The van der Waals surface area contributed by atoms with Crippen molar-refractivity contribution in [2.75, 3.05) is 22.9 Å². The third kappa shape index (κ3) is 2.38. The van der Waals surface area contributed by atoms with Gasteiger partial charge in [-0.3, -0.25) is 0 Å². The van der Waals surface area contributed by atoms with Crippen molar-refractivity contribution in [2.24, 2.45) is 0 Å². The van der Waals surface area contributed by atoms with Crippen LogP contribution in [0.5, 0.6) is 0 Å². The molecule has 0 saturated carbocycles. The van der Waals surface area contributed by atoms with E-state index < -0.39 is 0 Å². The topological polar surface area (TPSA) is 58.0 Å². The Balaban J connectivity index is 1.53. The first-order valence-corrected chi connectivity index (χ1v) is 8.97. The summed E-state index contributed by atoms with van der Waals surface area (Å²) < 4.78 is 4.50. The van der Waals surface area contributed by atoms with E-state index in [0.717, 1.165) is 35.6 Å². The zero-order chi connectivity index (χ0) is 16.1. The van der Waals surface area contributed by atoms with Gasteiger partial charge < -0.3 is 9.80 Å². The normalized spacial score (nSPS) is 23.3. The standard InChI is InChI=1S/C16H22N6S/c1-9(2)14-19-16(23-20-14)22-12-5-13(22)7-21(6-12)15-10(3)11(4)17-8-18-15/h8-9,12-13H,5-7H2,1-4H3. The molecule has 6 nitrogen and oxygen atoms in total. The summed E-state index contributed by atoms with van der Waals surface area (Å²) in [4.78, 5) is 18.4. The van der Waals surface area contributed by atoms with E-state index in [4.69, 9.17) is 4.98 Å². The number of hydrogen-bond acceptors (Lipinski definition) is 7. The maximum absolute atomic E-state index is 4.73. The first kappa shape index (κ1) is 14.8. The highest BCUT2D eigenvalue weighted by Crippen LogP contribution is 2.39. The Hall–Kier alpha value is -1.76. The lowest BCUT2D eigenvalue weighted by Gasteiger charge is -2.56. The molecule has 23 heavy (non-hydrogen) atoms. The minimum absolute atomic E-state index is 0.393. The number of nitrogens with zero attached hydrogens (tertiary/aromatic N) is 6. The van der Waals surface area contributed by atoms with Gasteiger partial charge in [-0.05, 0) is 20.3 Å². The smallest absolute Gasteiger partial charge is 0.205 e. The second kappa shape index (κ2) is 5.40. The summed E-state index contributed by atoms with van der Waals surface area (Å²) >= 11 is 1.54. The summed E-state index contributed by atoms with van der Waals surface area (Å²) in [5.41, 5.74) is 2.26. The molecule has 2 bridgehead atoms. The molecule has 0 aromatic carbocycles. The maximum atomic E-state index is 4.73. The Morgan fingerprint density at radius 1 is 1.17 bits per heavy atom. The highest BCUT2D eigenvalue weighted by atomic mass is 32.1. The van der Waals surface area contributed by atoms with Crippen LogP contribution in [0.3, 0.4) is 0 Å². The van der Waals surface area contributed by atoms with Crippen LogP contribution in [0.15, 0.2) is 6.33 Å². The molecular formula is C16H22N6S. The van der Waals surface area contributed by atoms with Crippen LogP contribution in [0.25, 0.3) is 0 Å². The lowest BCUT2D eigenvalue weighted by Crippen LogP contribution is -2.69. The third-order valence-corrected chi connectivity index (χ3v) is 5.71. The minimum Gasteiger partial charge on any atom is -0.352 e.